The molecule has 8 heteroatoms. The number of hydrogen-bond donors (Lipinski definition) is 2. The Morgan fingerprint density at radius 3 is 2.42 bits per heavy atom. The molecule has 0 saturated carbocycles. The van der Waals surface area contributed by atoms with Crippen LogP contribution in [0.15, 0.2) is 60.3 Å². The highest BCUT2D eigenvalue weighted by molar-refractivity contribution is 7.80. The standard InChI is InChI=1S/C23H19N3O4S/c1-13(2)25-12-15(17-5-3-4-6-19(17)25)11-18-20(27)24-23(31)26(21(18)28)16-9-7-14(8-10-16)22(29)30/h3-13H,1-2H3,(H,29,30)(H,24,27,31)/b18-11-. The predicted octanol–water partition coefficient (Wildman–Crippen LogP) is 3.75. The average molecular weight is 433 g/mol. The maximum Gasteiger partial charge on any atom is 0.335 e. The Kier molecular flexibility index (Phi) is 5.16. The Morgan fingerprint density at radius 1 is 1.10 bits per heavy atom. The second kappa shape index (κ2) is 7.81. The number of carbonyl (C=O) groups excluding carboxylic acids is 2. The van der Waals surface area contributed by atoms with Gasteiger partial charge in [0, 0.05) is 28.7 Å². The van der Waals surface area contributed by atoms with Crippen LogP contribution in [0.4, 0.5) is 5.69 Å². The number of thiocarbonyl (C=S) groups is 1. The summed E-state index contributed by atoms with van der Waals surface area (Å²) in [4.78, 5) is 38.1. The summed E-state index contributed by atoms with van der Waals surface area (Å²) in [6, 6.07) is 13.7. The number of benzene rings is 2. The summed E-state index contributed by atoms with van der Waals surface area (Å²) in [5.41, 5.74) is 2.15. The molecule has 2 N–H and O–H groups in total. The van der Waals surface area contributed by atoms with Crippen molar-refractivity contribution < 1.29 is 19.5 Å². The Morgan fingerprint density at radius 2 is 1.77 bits per heavy atom. The van der Waals surface area contributed by atoms with Crippen molar-refractivity contribution in [3.8, 4) is 0 Å². The molecule has 1 aliphatic rings. The van der Waals surface area contributed by atoms with Crippen LogP contribution < -0.4 is 10.2 Å². The van der Waals surface area contributed by atoms with Crippen LogP contribution in [0.5, 0.6) is 0 Å². The van der Waals surface area contributed by atoms with E-state index in [0.717, 1.165) is 16.5 Å². The first kappa shape index (κ1) is 20.5. The van der Waals surface area contributed by atoms with Crippen LogP contribution in [0.2, 0.25) is 0 Å². The Balaban J connectivity index is 1.78. The third kappa shape index (κ3) is 3.62. The second-order valence-corrected chi connectivity index (χ2v) is 7.80. The van der Waals surface area contributed by atoms with Crippen LogP contribution in [0.3, 0.4) is 0 Å². The number of carboxylic acids is 1. The number of aromatic carboxylic acids is 1. The molecule has 1 saturated heterocycles. The van der Waals surface area contributed by atoms with Crippen molar-refractivity contribution in [2.45, 2.75) is 19.9 Å². The van der Waals surface area contributed by atoms with Gasteiger partial charge in [0.15, 0.2) is 5.11 Å². The van der Waals surface area contributed by atoms with Crippen molar-refractivity contribution in [3.63, 3.8) is 0 Å². The van der Waals surface area contributed by atoms with E-state index in [0.29, 0.717) is 5.69 Å². The first-order valence-electron chi connectivity index (χ1n) is 9.62. The van der Waals surface area contributed by atoms with E-state index in [1.807, 2.05) is 30.5 Å². The largest absolute Gasteiger partial charge is 0.478 e. The molecule has 0 atom stereocenters. The normalized spacial score (nSPS) is 15.8. The molecular weight excluding hydrogens is 414 g/mol. The first-order valence-corrected chi connectivity index (χ1v) is 10.0. The molecule has 0 bridgehead atoms. The van der Waals surface area contributed by atoms with Crippen molar-refractivity contribution in [3.05, 3.63) is 71.4 Å². The average Bonchev–Trinajstić information content (AvgIpc) is 3.10. The molecule has 0 radical (unpaired) electrons. The smallest absolute Gasteiger partial charge is 0.335 e. The number of aromatic nitrogens is 1. The summed E-state index contributed by atoms with van der Waals surface area (Å²) in [6.07, 6.45) is 3.49. The van der Waals surface area contributed by atoms with Gasteiger partial charge < -0.3 is 9.67 Å². The lowest BCUT2D eigenvalue weighted by Crippen LogP contribution is -2.54. The lowest BCUT2D eigenvalue weighted by atomic mass is 10.1. The van der Waals surface area contributed by atoms with Gasteiger partial charge in [-0.1, -0.05) is 18.2 Å². The topological polar surface area (TPSA) is 91.6 Å². The van der Waals surface area contributed by atoms with Crippen LogP contribution in [0, 0.1) is 0 Å². The molecule has 2 amide bonds. The number of carbonyl (C=O) groups is 3. The Hall–Kier alpha value is -3.78. The highest BCUT2D eigenvalue weighted by Crippen LogP contribution is 2.28. The van der Waals surface area contributed by atoms with Gasteiger partial charge in [-0.3, -0.25) is 19.8 Å². The second-order valence-electron chi connectivity index (χ2n) is 7.41. The number of para-hydroxylation sites is 1. The van der Waals surface area contributed by atoms with E-state index in [1.165, 1.54) is 29.2 Å². The van der Waals surface area contributed by atoms with Gasteiger partial charge >= 0.3 is 5.97 Å². The fourth-order valence-corrected chi connectivity index (χ4v) is 3.86. The van der Waals surface area contributed by atoms with E-state index in [4.69, 9.17) is 17.3 Å². The zero-order chi connectivity index (χ0) is 22.3. The molecule has 31 heavy (non-hydrogen) atoms. The molecule has 0 spiro atoms. The lowest BCUT2D eigenvalue weighted by Gasteiger charge is -2.28. The van der Waals surface area contributed by atoms with Crippen LogP contribution in [0.25, 0.3) is 17.0 Å². The monoisotopic (exact) mass is 433 g/mol. The lowest BCUT2D eigenvalue weighted by molar-refractivity contribution is -0.122. The van der Waals surface area contributed by atoms with Gasteiger partial charge in [0.1, 0.15) is 5.57 Å². The molecular formula is C23H19N3O4S. The minimum Gasteiger partial charge on any atom is -0.478 e. The molecule has 2 heterocycles. The Bertz CT molecular complexity index is 1270. The van der Waals surface area contributed by atoms with Gasteiger partial charge in [-0.2, -0.15) is 0 Å². The van der Waals surface area contributed by atoms with Crippen molar-refractivity contribution in [2.75, 3.05) is 4.90 Å². The number of nitrogens with one attached hydrogen (secondary N) is 1. The number of amides is 2. The summed E-state index contributed by atoms with van der Waals surface area (Å²) in [5.74, 6) is -2.22. The molecule has 1 aromatic heterocycles. The minimum atomic E-state index is -1.07. The van der Waals surface area contributed by atoms with Gasteiger partial charge in [0.25, 0.3) is 11.8 Å². The van der Waals surface area contributed by atoms with Gasteiger partial charge in [-0.15, -0.1) is 0 Å². The van der Waals surface area contributed by atoms with E-state index < -0.39 is 17.8 Å². The first-order chi connectivity index (χ1) is 14.8. The molecule has 1 fully saturated rings. The van der Waals surface area contributed by atoms with Gasteiger partial charge in [-0.25, -0.2) is 4.79 Å². The van der Waals surface area contributed by atoms with E-state index in [2.05, 4.69) is 23.7 Å². The number of carboxylic acid groups (broad SMARTS) is 1. The Labute approximate surface area is 183 Å². The van der Waals surface area contributed by atoms with Gasteiger partial charge in [0.05, 0.1) is 11.3 Å². The van der Waals surface area contributed by atoms with E-state index in [1.54, 1.807) is 6.08 Å². The van der Waals surface area contributed by atoms with Crippen molar-refractivity contribution in [2.24, 2.45) is 0 Å². The third-order valence-corrected chi connectivity index (χ3v) is 5.39. The fraction of sp³-hybridized carbons (Fsp3) is 0.130. The van der Waals surface area contributed by atoms with Crippen LogP contribution in [-0.4, -0.2) is 32.6 Å². The minimum absolute atomic E-state index is 0.0532. The molecule has 7 nitrogen and oxygen atoms in total. The fourth-order valence-electron chi connectivity index (χ4n) is 3.57. The molecule has 156 valence electrons. The predicted molar refractivity (Wildman–Crippen MR) is 122 cm³/mol. The molecule has 0 aliphatic carbocycles. The number of hydrogen-bond acceptors (Lipinski definition) is 4. The SMILES string of the molecule is CC(C)n1cc(/C=C2/C(=O)NC(=S)N(c3ccc(C(=O)O)cc3)C2=O)c2ccccc21. The molecule has 1 aliphatic heterocycles. The third-order valence-electron chi connectivity index (χ3n) is 5.10. The van der Waals surface area contributed by atoms with E-state index in [-0.39, 0.29) is 22.3 Å². The number of anilines is 1. The highest BCUT2D eigenvalue weighted by atomic mass is 32.1. The molecule has 4 rings (SSSR count). The number of fused-ring (bicyclic) bond motifs is 1. The summed E-state index contributed by atoms with van der Waals surface area (Å²) in [6.45, 7) is 4.12. The maximum atomic E-state index is 13.2. The van der Waals surface area contributed by atoms with E-state index in [9.17, 15) is 14.4 Å². The molecule has 0 unspecified atom stereocenters. The van der Waals surface area contributed by atoms with Gasteiger partial charge in [0.2, 0.25) is 0 Å². The van der Waals surface area contributed by atoms with Crippen LogP contribution in [-0.2, 0) is 9.59 Å². The van der Waals surface area contributed by atoms with Crippen molar-refractivity contribution in [1.29, 1.82) is 0 Å². The molecule has 3 aromatic rings. The molecule has 2 aromatic carbocycles. The van der Waals surface area contributed by atoms with Crippen LogP contribution >= 0.6 is 12.2 Å². The van der Waals surface area contributed by atoms with Gasteiger partial charge in [-0.05, 0) is 62.5 Å². The van der Waals surface area contributed by atoms with E-state index >= 15 is 0 Å². The summed E-state index contributed by atoms with van der Waals surface area (Å²) < 4.78 is 2.08. The van der Waals surface area contributed by atoms with Crippen LogP contribution in [0.1, 0.15) is 35.8 Å². The highest BCUT2D eigenvalue weighted by Gasteiger charge is 2.34. The number of rotatable bonds is 4. The summed E-state index contributed by atoms with van der Waals surface area (Å²) in [7, 11) is 0. The van der Waals surface area contributed by atoms with Crippen molar-refractivity contribution in [1.82, 2.24) is 9.88 Å². The quantitative estimate of drug-likeness (QED) is 0.371. The zero-order valence-corrected chi connectivity index (χ0v) is 17.6. The summed E-state index contributed by atoms with van der Waals surface area (Å²) in [5, 5.41) is 12.5. The van der Waals surface area contributed by atoms with Crippen molar-refractivity contribution >= 4 is 57.8 Å². The number of nitrogens with zero attached hydrogens (tertiary/aromatic N) is 2. The summed E-state index contributed by atoms with van der Waals surface area (Å²) >= 11 is 5.21. The maximum absolute atomic E-state index is 13.2. The zero-order valence-electron chi connectivity index (χ0n) is 16.8.